The highest BCUT2D eigenvalue weighted by molar-refractivity contribution is 5.89. The van der Waals surface area contributed by atoms with Crippen molar-refractivity contribution in [1.82, 2.24) is 10.2 Å². The molecule has 25 heavy (non-hydrogen) atoms. The fourth-order valence-corrected chi connectivity index (χ4v) is 2.17. The van der Waals surface area contributed by atoms with Crippen LogP contribution in [0.25, 0.3) is 0 Å². The quantitative estimate of drug-likeness (QED) is 0.687. The van der Waals surface area contributed by atoms with Gasteiger partial charge in [-0.15, -0.1) is 10.2 Å². The van der Waals surface area contributed by atoms with Crippen LogP contribution in [0.5, 0.6) is 5.75 Å². The van der Waals surface area contributed by atoms with Crippen molar-refractivity contribution in [3.8, 4) is 5.75 Å². The number of benzene rings is 2. The lowest BCUT2D eigenvalue weighted by molar-refractivity contribution is -0.114. The maximum atomic E-state index is 11.1. The lowest BCUT2D eigenvalue weighted by Crippen LogP contribution is -2.06. The van der Waals surface area contributed by atoms with E-state index in [1.807, 2.05) is 54.6 Å². The van der Waals surface area contributed by atoms with Crippen LogP contribution in [0.3, 0.4) is 0 Å². The highest BCUT2D eigenvalue weighted by Gasteiger charge is 2.07. The molecule has 0 spiro atoms. The highest BCUT2D eigenvalue weighted by atomic mass is 16.5. The van der Waals surface area contributed by atoms with Gasteiger partial charge in [0.05, 0.1) is 6.54 Å². The maximum Gasteiger partial charge on any atom is 0.253 e. The molecule has 7 nitrogen and oxygen atoms in total. The molecule has 0 saturated carbocycles. The number of rotatable bonds is 7. The Morgan fingerprint density at radius 3 is 2.60 bits per heavy atom. The largest absolute Gasteiger partial charge is 0.484 e. The third-order valence-electron chi connectivity index (χ3n) is 3.24. The Kier molecular flexibility index (Phi) is 5.26. The minimum absolute atomic E-state index is 0.114. The average Bonchev–Trinajstić information content (AvgIpc) is 3.07. The average molecular weight is 338 g/mol. The summed E-state index contributed by atoms with van der Waals surface area (Å²) in [4.78, 5) is 11.1. The van der Waals surface area contributed by atoms with E-state index in [0.717, 1.165) is 17.1 Å². The Hall–Kier alpha value is -3.35. The summed E-state index contributed by atoms with van der Waals surface area (Å²) in [7, 11) is 0. The first-order valence-electron chi connectivity index (χ1n) is 7.80. The van der Waals surface area contributed by atoms with Crippen LogP contribution in [0.15, 0.2) is 59.0 Å². The fraction of sp³-hybridized carbons (Fsp3) is 0.167. The first-order valence-corrected chi connectivity index (χ1v) is 7.80. The zero-order valence-electron chi connectivity index (χ0n) is 13.7. The van der Waals surface area contributed by atoms with Gasteiger partial charge in [0, 0.05) is 18.3 Å². The first kappa shape index (κ1) is 16.5. The number of hydrogen-bond acceptors (Lipinski definition) is 6. The standard InChI is InChI=1S/C18H18N4O3/c1-13(23)20-15-7-5-6-14(10-15)19-11-17-21-22-18(25-17)12-24-16-8-3-2-4-9-16/h2-10,19H,11-12H2,1H3,(H,20,23). The molecule has 0 radical (unpaired) electrons. The van der Waals surface area contributed by atoms with Crippen molar-refractivity contribution in [3.63, 3.8) is 0 Å². The van der Waals surface area contributed by atoms with Gasteiger partial charge in [0.15, 0.2) is 6.61 Å². The summed E-state index contributed by atoms with van der Waals surface area (Å²) in [5.74, 6) is 1.50. The van der Waals surface area contributed by atoms with Gasteiger partial charge < -0.3 is 19.8 Å². The van der Waals surface area contributed by atoms with Crippen LogP contribution in [-0.2, 0) is 17.9 Å². The van der Waals surface area contributed by atoms with Crippen molar-refractivity contribution in [3.05, 3.63) is 66.4 Å². The molecule has 0 aliphatic rings. The number of nitrogens with one attached hydrogen (secondary N) is 2. The van der Waals surface area contributed by atoms with Crippen molar-refractivity contribution >= 4 is 17.3 Å². The molecule has 0 atom stereocenters. The predicted molar refractivity (Wildman–Crippen MR) is 93.1 cm³/mol. The van der Waals surface area contributed by atoms with Crippen LogP contribution >= 0.6 is 0 Å². The van der Waals surface area contributed by atoms with Crippen LogP contribution in [0, 0.1) is 0 Å². The molecule has 0 bridgehead atoms. The molecule has 1 amide bonds. The van der Waals surface area contributed by atoms with Gasteiger partial charge in [-0.1, -0.05) is 24.3 Å². The van der Waals surface area contributed by atoms with E-state index in [1.54, 1.807) is 0 Å². The van der Waals surface area contributed by atoms with Gasteiger partial charge in [0.2, 0.25) is 11.8 Å². The lowest BCUT2D eigenvalue weighted by atomic mass is 10.2. The van der Waals surface area contributed by atoms with Gasteiger partial charge in [-0.25, -0.2) is 0 Å². The number of carbonyl (C=O) groups excluding carboxylic acids is 1. The zero-order valence-corrected chi connectivity index (χ0v) is 13.7. The third kappa shape index (κ3) is 5.07. The molecule has 2 N–H and O–H groups in total. The fourth-order valence-electron chi connectivity index (χ4n) is 2.17. The van der Waals surface area contributed by atoms with E-state index in [-0.39, 0.29) is 12.5 Å². The minimum atomic E-state index is -0.114. The van der Waals surface area contributed by atoms with Crippen molar-refractivity contribution in [2.24, 2.45) is 0 Å². The number of para-hydroxylation sites is 1. The number of anilines is 2. The number of nitrogens with zero attached hydrogens (tertiary/aromatic N) is 2. The Balaban J connectivity index is 1.52. The molecule has 0 aliphatic heterocycles. The van der Waals surface area contributed by atoms with E-state index >= 15 is 0 Å². The van der Waals surface area contributed by atoms with Crippen LogP contribution in [-0.4, -0.2) is 16.1 Å². The van der Waals surface area contributed by atoms with Crippen molar-refractivity contribution in [2.75, 3.05) is 10.6 Å². The second-order valence-corrected chi connectivity index (χ2v) is 5.31. The van der Waals surface area contributed by atoms with E-state index in [4.69, 9.17) is 9.15 Å². The summed E-state index contributed by atoms with van der Waals surface area (Å²) in [6.07, 6.45) is 0. The van der Waals surface area contributed by atoms with Crippen molar-refractivity contribution in [2.45, 2.75) is 20.1 Å². The highest BCUT2D eigenvalue weighted by Crippen LogP contribution is 2.16. The van der Waals surface area contributed by atoms with Crippen molar-refractivity contribution in [1.29, 1.82) is 0 Å². The molecule has 2 aromatic carbocycles. The summed E-state index contributed by atoms with van der Waals surface area (Å²) in [6, 6.07) is 16.8. The Morgan fingerprint density at radius 1 is 1.04 bits per heavy atom. The molecule has 0 unspecified atom stereocenters. The van der Waals surface area contributed by atoms with Gasteiger partial charge >= 0.3 is 0 Å². The Bertz CT molecular complexity index is 833. The van der Waals surface area contributed by atoms with Crippen LogP contribution in [0.2, 0.25) is 0 Å². The van der Waals surface area contributed by atoms with E-state index < -0.39 is 0 Å². The summed E-state index contributed by atoms with van der Waals surface area (Å²) >= 11 is 0. The van der Waals surface area contributed by atoms with E-state index in [1.165, 1.54) is 6.92 Å². The Morgan fingerprint density at radius 2 is 1.80 bits per heavy atom. The molecule has 1 heterocycles. The smallest absolute Gasteiger partial charge is 0.253 e. The number of ether oxygens (including phenoxy) is 1. The molecule has 3 aromatic rings. The predicted octanol–water partition coefficient (Wildman–Crippen LogP) is 3.22. The summed E-state index contributed by atoms with van der Waals surface area (Å²) in [6.45, 7) is 2.06. The summed E-state index contributed by atoms with van der Waals surface area (Å²) in [5, 5.41) is 13.9. The van der Waals surface area contributed by atoms with Crippen LogP contribution < -0.4 is 15.4 Å². The molecule has 0 saturated heterocycles. The molecule has 1 aromatic heterocycles. The topological polar surface area (TPSA) is 89.3 Å². The number of carbonyl (C=O) groups is 1. The van der Waals surface area contributed by atoms with E-state index in [9.17, 15) is 4.79 Å². The molecular weight excluding hydrogens is 320 g/mol. The second-order valence-electron chi connectivity index (χ2n) is 5.31. The van der Waals surface area contributed by atoms with Gasteiger partial charge in [0.25, 0.3) is 5.89 Å². The second kappa shape index (κ2) is 7.96. The van der Waals surface area contributed by atoms with Gasteiger partial charge in [-0.3, -0.25) is 4.79 Å². The van der Waals surface area contributed by atoms with E-state index in [2.05, 4.69) is 20.8 Å². The van der Waals surface area contributed by atoms with Crippen LogP contribution in [0.4, 0.5) is 11.4 Å². The molecule has 0 fully saturated rings. The minimum Gasteiger partial charge on any atom is -0.484 e. The number of amides is 1. The zero-order chi connectivity index (χ0) is 17.5. The third-order valence-corrected chi connectivity index (χ3v) is 3.24. The number of hydrogen-bond donors (Lipinski definition) is 2. The van der Waals surface area contributed by atoms with Gasteiger partial charge in [0.1, 0.15) is 5.75 Å². The van der Waals surface area contributed by atoms with Crippen LogP contribution in [0.1, 0.15) is 18.7 Å². The number of aromatic nitrogens is 2. The molecule has 7 heteroatoms. The van der Waals surface area contributed by atoms with Crippen molar-refractivity contribution < 1.29 is 13.9 Å². The summed E-state index contributed by atoms with van der Waals surface area (Å²) < 4.78 is 11.1. The van der Waals surface area contributed by atoms with Gasteiger partial charge in [-0.05, 0) is 30.3 Å². The first-order chi connectivity index (χ1) is 12.2. The lowest BCUT2D eigenvalue weighted by Gasteiger charge is -2.06. The van der Waals surface area contributed by atoms with E-state index in [0.29, 0.717) is 18.3 Å². The molecule has 128 valence electrons. The normalized spacial score (nSPS) is 10.3. The molecule has 3 rings (SSSR count). The SMILES string of the molecule is CC(=O)Nc1cccc(NCc2nnc(COc3ccccc3)o2)c1. The summed E-state index contributed by atoms with van der Waals surface area (Å²) in [5.41, 5.74) is 1.56. The van der Waals surface area contributed by atoms with Gasteiger partial charge in [-0.2, -0.15) is 0 Å². The monoisotopic (exact) mass is 338 g/mol. The Labute approximate surface area is 145 Å². The maximum absolute atomic E-state index is 11.1. The molecular formula is C18H18N4O3. The molecule has 0 aliphatic carbocycles.